The van der Waals surface area contributed by atoms with Gasteiger partial charge >= 0.3 is 0 Å². The fourth-order valence-corrected chi connectivity index (χ4v) is 3.49. The molecule has 0 saturated heterocycles. The Kier molecular flexibility index (Phi) is 7.56. The van der Waals surface area contributed by atoms with Crippen LogP contribution in [0, 0.1) is 20.8 Å². The maximum atomic E-state index is 12.3. The molecule has 3 rings (SSSR count). The highest BCUT2D eigenvalue weighted by atomic mass is 79.9. The van der Waals surface area contributed by atoms with Gasteiger partial charge < -0.3 is 10.1 Å². The average molecular weight is 491 g/mol. The van der Waals surface area contributed by atoms with E-state index in [4.69, 9.17) is 16.3 Å². The largest absolute Gasteiger partial charge is 0.489 e. The molecule has 1 amide bonds. The average Bonchev–Trinajstić information content (AvgIpc) is 3.05. The number of carbonyl (C=O) groups is 1. The highest BCUT2D eigenvalue weighted by Gasteiger charge is 2.07. The van der Waals surface area contributed by atoms with Gasteiger partial charge in [0.25, 0.3) is 5.91 Å². The summed E-state index contributed by atoms with van der Waals surface area (Å²) in [6.07, 6.45) is 2.76. The lowest BCUT2D eigenvalue weighted by Crippen LogP contribution is -2.25. The summed E-state index contributed by atoms with van der Waals surface area (Å²) >= 11 is 9.65. The first-order valence-corrected chi connectivity index (χ1v) is 11.0. The lowest BCUT2D eigenvalue weighted by atomic mass is 10.1. The lowest BCUT2D eigenvalue weighted by Gasteiger charge is -2.11. The third-order valence-electron chi connectivity index (χ3n) is 4.77. The van der Waals surface area contributed by atoms with Crippen molar-refractivity contribution in [2.45, 2.75) is 40.3 Å². The molecular weight excluding hydrogens is 466 g/mol. The molecule has 30 heavy (non-hydrogen) atoms. The predicted octanol–water partition coefficient (Wildman–Crippen LogP) is 5.62. The summed E-state index contributed by atoms with van der Waals surface area (Å²) in [5.41, 5.74) is 4.58. The van der Waals surface area contributed by atoms with Gasteiger partial charge in [-0.2, -0.15) is 5.10 Å². The summed E-state index contributed by atoms with van der Waals surface area (Å²) in [5, 5.41) is 8.11. The molecule has 0 aliphatic rings. The number of amides is 1. The quantitative estimate of drug-likeness (QED) is 0.417. The monoisotopic (exact) mass is 489 g/mol. The fourth-order valence-electron chi connectivity index (χ4n) is 3.06. The minimum absolute atomic E-state index is 0.0794. The number of benzene rings is 2. The Bertz CT molecular complexity index is 989. The van der Waals surface area contributed by atoms with Crippen molar-refractivity contribution in [2.75, 3.05) is 6.54 Å². The van der Waals surface area contributed by atoms with Gasteiger partial charge in [0.05, 0.1) is 10.2 Å². The van der Waals surface area contributed by atoms with Crippen LogP contribution in [0.4, 0.5) is 0 Å². The fraction of sp³-hybridized carbons (Fsp3) is 0.304. The number of ether oxygens (including phenoxy) is 1. The van der Waals surface area contributed by atoms with Gasteiger partial charge in [0.2, 0.25) is 0 Å². The lowest BCUT2D eigenvalue weighted by molar-refractivity contribution is 0.0952. The summed E-state index contributed by atoms with van der Waals surface area (Å²) in [4.78, 5) is 12.3. The maximum absolute atomic E-state index is 12.3. The minimum Gasteiger partial charge on any atom is -0.489 e. The zero-order chi connectivity index (χ0) is 21.7. The van der Waals surface area contributed by atoms with Crippen LogP contribution < -0.4 is 10.1 Å². The molecule has 1 N–H and O–H groups in total. The van der Waals surface area contributed by atoms with Gasteiger partial charge in [-0.25, -0.2) is 0 Å². The van der Waals surface area contributed by atoms with E-state index in [9.17, 15) is 4.79 Å². The van der Waals surface area contributed by atoms with Crippen LogP contribution in [0.1, 0.15) is 39.2 Å². The Balaban J connectivity index is 1.45. The number of nitrogens with one attached hydrogen (secondary N) is 1. The molecule has 158 valence electrons. The second-order valence-corrected chi connectivity index (χ2v) is 8.52. The minimum atomic E-state index is -0.0794. The Morgan fingerprint density at radius 1 is 1.17 bits per heavy atom. The molecule has 0 saturated carbocycles. The molecule has 0 fully saturated rings. The molecule has 1 heterocycles. The third kappa shape index (κ3) is 5.86. The van der Waals surface area contributed by atoms with Gasteiger partial charge in [-0.3, -0.25) is 9.48 Å². The summed E-state index contributed by atoms with van der Waals surface area (Å²) in [6, 6.07) is 11.3. The van der Waals surface area contributed by atoms with E-state index in [1.807, 2.05) is 68.0 Å². The molecule has 0 unspecified atom stereocenters. The van der Waals surface area contributed by atoms with Gasteiger partial charge in [0.1, 0.15) is 12.4 Å². The molecule has 2 aromatic carbocycles. The van der Waals surface area contributed by atoms with Gasteiger partial charge in [-0.1, -0.05) is 23.7 Å². The topological polar surface area (TPSA) is 56.1 Å². The van der Waals surface area contributed by atoms with Gasteiger partial charge in [-0.05, 0) is 84.1 Å². The van der Waals surface area contributed by atoms with E-state index in [1.165, 1.54) is 0 Å². The highest BCUT2D eigenvalue weighted by molar-refractivity contribution is 9.10. The van der Waals surface area contributed by atoms with E-state index in [1.54, 1.807) is 0 Å². The van der Waals surface area contributed by atoms with E-state index in [0.29, 0.717) is 18.7 Å². The van der Waals surface area contributed by atoms with Crippen molar-refractivity contribution in [3.63, 3.8) is 0 Å². The normalized spacial score (nSPS) is 10.8. The van der Waals surface area contributed by atoms with Crippen LogP contribution in [0.15, 0.2) is 47.1 Å². The van der Waals surface area contributed by atoms with Crippen LogP contribution in [0.3, 0.4) is 0 Å². The Labute approximate surface area is 190 Å². The number of carbonyl (C=O) groups excluding carboxylic acids is 1. The number of aryl methyl sites for hydroxylation is 4. The van der Waals surface area contributed by atoms with Crippen molar-refractivity contribution >= 4 is 33.4 Å². The van der Waals surface area contributed by atoms with Crippen LogP contribution in [0.5, 0.6) is 5.75 Å². The second kappa shape index (κ2) is 10.1. The molecule has 1 aromatic heterocycles. The van der Waals surface area contributed by atoms with Crippen molar-refractivity contribution in [2.24, 2.45) is 0 Å². The maximum Gasteiger partial charge on any atom is 0.251 e. The molecule has 3 aromatic rings. The van der Waals surface area contributed by atoms with Crippen molar-refractivity contribution in [1.29, 1.82) is 0 Å². The van der Waals surface area contributed by atoms with E-state index >= 15 is 0 Å². The summed E-state index contributed by atoms with van der Waals surface area (Å²) in [7, 11) is 0. The van der Waals surface area contributed by atoms with Crippen molar-refractivity contribution in [1.82, 2.24) is 15.1 Å². The molecule has 0 aliphatic carbocycles. The van der Waals surface area contributed by atoms with E-state index in [-0.39, 0.29) is 5.91 Å². The molecule has 0 aliphatic heterocycles. The smallest absolute Gasteiger partial charge is 0.251 e. The zero-order valence-electron chi connectivity index (χ0n) is 17.3. The number of hydrogen-bond donors (Lipinski definition) is 1. The van der Waals surface area contributed by atoms with Crippen LogP contribution in [-0.2, 0) is 13.2 Å². The summed E-state index contributed by atoms with van der Waals surface area (Å²) in [6.45, 7) is 7.66. The molecule has 0 spiro atoms. The van der Waals surface area contributed by atoms with Gasteiger partial charge in [0.15, 0.2) is 0 Å². The van der Waals surface area contributed by atoms with E-state index in [2.05, 4.69) is 26.3 Å². The standard InChI is InChI=1S/C23H25BrClN3O2/c1-15-11-20(12-16(2)22(15)25)30-14-18-5-7-19(8-6-18)23(29)26-9-4-10-28-13-21(24)17(3)27-28/h5-8,11-13H,4,9-10,14H2,1-3H3,(H,26,29). The first-order chi connectivity index (χ1) is 14.3. The number of aromatic nitrogens is 2. The molecule has 0 bridgehead atoms. The Hall–Kier alpha value is -2.31. The zero-order valence-corrected chi connectivity index (χ0v) is 19.7. The Morgan fingerprint density at radius 3 is 2.43 bits per heavy atom. The highest BCUT2D eigenvalue weighted by Crippen LogP contribution is 2.26. The van der Waals surface area contributed by atoms with E-state index in [0.717, 1.165) is 50.6 Å². The van der Waals surface area contributed by atoms with E-state index < -0.39 is 0 Å². The molecule has 5 nitrogen and oxygen atoms in total. The van der Waals surface area contributed by atoms with Crippen molar-refractivity contribution < 1.29 is 9.53 Å². The number of halogens is 2. The summed E-state index contributed by atoms with van der Waals surface area (Å²) < 4.78 is 8.75. The SMILES string of the molecule is Cc1cc(OCc2ccc(C(=O)NCCCn3cc(Br)c(C)n3)cc2)cc(C)c1Cl. The Morgan fingerprint density at radius 2 is 1.83 bits per heavy atom. The third-order valence-corrected chi connectivity index (χ3v) is 6.14. The number of rotatable bonds is 8. The van der Waals surface area contributed by atoms with Gasteiger partial charge in [0, 0.05) is 29.9 Å². The number of hydrogen-bond acceptors (Lipinski definition) is 3. The molecular formula is C23H25BrClN3O2. The molecule has 7 heteroatoms. The molecule has 0 atom stereocenters. The summed E-state index contributed by atoms with van der Waals surface area (Å²) in [5.74, 6) is 0.708. The van der Waals surface area contributed by atoms with Gasteiger partial charge in [-0.15, -0.1) is 0 Å². The predicted molar refractivity (Wildman–Crippen MR) is 123 cm³/mol. The van der Waals surface area contributed by atoms with Crippen LogP contribution in [-0.4, -0.2) is 22.2 Å². The van der Waals surface area contributed by atoms with Crippen molar-refractivity contribution in [3.8, 4) is 5.75 Å². The first kappa shape index (κ1) is 22.4. The van der Waals surface area contributed by atoms with Crippen LogP contribution in [0.25, 0.3) is 0 Å². The first-order valence-electron chi connectivity index (χ1n) is 9.79. The second-order valence-electron chi connectivity index (χ2n) is 7.29. The van der Waals surface area contributed by atoms with Crippen LogP contribution in [0.2, 0.25) is 5.02 Å². The number of nitrogens with zero attached hydrogens (tertiary/aromatic N) is 2. The van der Waals surface area contributed by atoms with Crippen molar-refractivity contribution in [3.05, 3.63) is 80.0 Å². The van der Waals surface area contributed by atoms with Crippen LogP contribution >= 0.6 is 27.5 Å². The molecule has 0 radical (unpaired) electrons.